The predicted molar refractivity (Wildman–Crippen MR) is 63.5 cm³/mol. The zero-order valence-corrected chi connectivity index (χ0v) is 10.0. The lowest BCUT2D eigenvalue weighted by Crippen LogP contribution is -2.25. The molecular weight excluding hydrogens is 228 g/mol. The van der Waals surface area contributed by atoms with Gasteiger partial charge in [-0.05, 0) is 24.3 Å². The number of carbonyl (C=O) groups is 1. The number of halogens is 1. The van der Waals surface area contributed by atoms with E-state index in [-0.39, 0.29) is 18.3 Å². The molecular formula is C11H17ClN2O2. The molecule has 1 aliphatic carbocycles. The molecule has 1 aromatic rings. The highest BCUT2D eigenvalue weighted by Gasteiger charge is 2.32. The second kappa shape index (κ2) is 5.37. The van der Waals surface area contributed by atoms with E-state index < -0.39 is 0 Å². The van der Waals surface area contributed by atoms with E-state index in [4.69, 9.17) is 10.2 Å². The minimum Gasteiger partial charge on any atom is -0.467 e. The molecule has 0 radical (unpaired) electrons. The molecule has 0 aliphatic heterocycles. The van der Waals surface area contributed by atoms with E-state index in [2.05, 4.69) is 12.2 Å². The Kier molecular flexibility index (Phi) is 4.38. The van der Waals surface area contributed by atoms with Crippen LogP contribution in [0.3, 0.4) is 0 Å². The van der Waals surface area contributed by atoms with Crippen molar-refractivity contribution in [3.63, 3.8) is 0 Å². The quantitative estimate of drug-likeness (QED) is 0.844. The summed E-state index contributed by atoms with van der Waals surface area (Å²) >= 11 is 0. The van der Waals surface area contributed by atoms with E-state index in [1.54, 1.807) is 6.07 Å². The first kappa shape index (κ1) is 13.1. The fourth-order valence-electron chi connectivity index (χ4n) is 1.62. The first-order chi connectivity index (χ1) is 7.20. The fraction of sp³-hybridized carbons (Fsp3) is 0.545. The van der Waals surface area contributed by atoms with Gasteiger partial charge in [0.2, 0.25) is 0 Å². The van der Waals surface area contributed by atoms with Gasteiger partial charge in [-0.1, -0.05) is 6.92 Å². The third-order valence-electron chi connectivity index (χ3n) is 2.92. The topological polar surface area (TPSA) is 68.3 Å². The standard InChI is InChI=1S/C11H16N2O2.ClH/c1-7-2-8(7)5-13-11(14)9-3-10(4-12)15-6-9;/h3,6-8H,2,4-5,12H2,1H3,(H,13,14);1H. The molecule has 1 aromatic heterocycles. The summed E-state index contributed by atoms with van der Waals surface area (Å²) < 4.78 is 5.09. The Morgan fingerprint density at radius 2 is 2.38 bits per heavy atom. The Labute approximate surface area is 101 Å². The number of carbonyl (C=O) groups excluding carboxylic acids is 1. The van der Waals surface area contributed by atoms with Crippen molar-refractivity contribution < 1.29 is 9.21 Å². The number of amides is 1. The lowest BCUT2D eigenvalue weighted by Gasteiger charge is -2.00. The van der Waals surface area contributed by atoms with Gasteiger partial charge in [0.25, 0.3) is 5.91 Å². The van der Waals surface area contributed by atoms with Gasteiger partial charge in [-0.25, -0.2) is 0 Å². The van der Waals surface area contributed by atoms with Gasteiger partial charge in [-0.3, -0.25) is 4.79 Å². The molecule has 90 valence electrons. The second-order valence-corrected chi connectivity index (χ2v) is 4.19. The van der Waals surface area contributed by atoms with Crippen LogP contribution in [0.25, 0.3) is 0 Å². The molecule has 5 heteroatoms. The summed E-state index contributed by atoms with van der Waals surface area (Å²) in [5.41, 5.74) is 5.95. The van der Waals surface area contributed by atoms with Gasteiger partial charge in [0.15, 0.2) is 0 Å². The molecule has 1 saturated carbocycles. The highest BCUT2D eigenvalue weighted by atomic mass is 35.5. The van der Waals surface area contributed by atoms with Crippen molar-refractivity contribution in [3.05, 3.63) is 23.7 Å². The third-order valence-corrected chi connectivity index (χ3v) is 2.92. The first-order valence-corrected chi connectivity index (χ1v) is 5.26. The van der Waals surface area contributed by atoms with Crippen molar-refractivity contribution in [1.29, 1.82) is 0 Å². The van der Waals surface area contributed by atoms with Crippen LogP contribution in [0.15, 0.2) is 16.7 Å². The number of nitrogens with two attached hydrogens (primary N) is 1. The van der Waals surface area contributed by atoms with Gasteiger partial charge in [0.1, 0.15) is 12.0 Å². The van der Waals surface area contributed by atoms with Crippen LogP contribution in [0.1, 0.15) is 29.5 Å². The minimum absolute atomic E-state index is 0. The molecule has 1 fully saturated rings. The number of rotatable bonds is 4. The first-order valence-electron chi connectivity index (χ1n) is 5.26. The normalized spacial score (nSPS) is 22.4. The van der Waals surface area contributed by atoms with Gasteiger partial charge < -0.3 is 15.5 Å². The van der Waals surface area contributed by atoms with E-state index in [0.717, 1.165) is 12.5 Å². The van der Waals surface area contributed by atoms with E-state index in [1.165, 1.54) is 12.7 Å². The molecule has 3 N–H and O–H groups in total. The molecule has 2 atom stereocenters. The smallest absolute Gasteiger partial charge is 0.254 e. The van der Waals surface area contributed by atoms with Crippen molar-refractivity contribution in [2.75, 3.05) is 6.54 Å². The van der Waals surface area contributed by atoms with Crippen LogP contribution in [-0.2, 0) is 6.54 Å². The average molecular weight is 245 g/mol. The van der Waals surface area contributed by atoms with Gasteiger partial charge >= 0.3 is 0 Å². The maximum atomic E-state index is 11.6. The van der Waals surface area contributed by atoms with Crippen LogP contribution in [0.4, 0.5) is 0 Å². The van der Waals surface area contributed by atoms with Gasteiger partial charge in [0.05, 0.1) is 12.1 Å². The van der Waals surface area contributed by atoms with E-state index >= 15 is 0 Å². The molecule has 2 unspecified atom stereocenters. The SMILES string of the molecule is CC1CC1CNC(=O)c1coc(CN)c1.Cl. The number of furan rings is 1. The van der Waals surface area contributed by atoms with Crippen LogP contribution in [0.2, 0.25) is 0 Å². The molecule has 4 nitrogen and oxygen atoms in total. The van der Waals surface area contributed by atoms with Gasteiger partial charge in [0, 0.05) is 6.54 Å². The minimum atomic E-state index is -0.0717. The summed E-state index contributed by atoms with van der Waals surface area (Å²) in [6.45, 7) is 3.29. The molecule has 16 heavy (non-hydrogen) atoms. The monoisotopic (exact) mass is 244 g/mol. The van der Waals surface area contributed by atoms with Crippen molar-refractivity contribution >= 4 is 18.3 Å². The molecule has 0 bridgehead atoms. The van der Waals surface area contributed by atoms with Crippen molar-refractivity contribution in [2.24, 2.45) is 17.6 Å². The molecule has 1 aliphatic rings. The zero-order chi connectivity index (χ0) is 10.8. The summed E-state index contributed by atoms with van der Waals surface area (Å²) in [6, 6.07) is 1.69. The van der Waals surface area contributed by atoms with E-state index in [0.29, 0.717) is 23.8 Å². The van der Waals surface area contributed by atoms with Crippen molar-refractivity contribution in [1.82, 2.24) is 5.32 Å². The lowest BCUT2D eigenvalue weighted by atomic mass is 10.2. The molecule has 0 spiro atoms. The van der Waals surface area contributed by atoms with E-state index in [1.807, 2.05) is 0 Å². The van der Waals surface area contributed by atoms with Crippen molar-refractivity contribution in [2.45, 2.75) is 19.9 Å². The van der Waals surface area contributed by atoms with Crippen molar-refractivity contribution in [3.8, 4) is 0 Å². The molecule has 2 rings (SSSR count). The van der Waals surface area contributed by atoms with Crippen LogP contribution in [0, 0.1) is 11.8 Å². The summed E-state index contributed by atoms with van der Waals surface area (Å²) in [5.74, 6) is 1.99. The highest BCUT2D eigenvalue weighted by Crippen LogP contribution is 2.36. The van der Waals surface area contributed by atoms with Crippen LogP contribution in [0.5, 0.6) is 0 Å². The Morgan fingerprint density at radius 1 is 1.69 bits per heavy atom. The molecule has 1 amide bonds. The van der Waals surface area contributed by atoms with Gasteiger partial charge in [-0.2, -0.15) is 0 Å². The lowest BCUT2D eigenvalue weighted by molar-refractivity contribution is 0.0950. The molecule has 0 aromatic carbocycles. The zero-order valence-electron chi connectivity index (χ0n) is 9.23. The third kappa shape index (κ3) is 3.00. The highest BCUT2D eigenvalue weighted by molar-refractivity contribution is 5.93. The van der Waals surface area contributed by atoms with Gasteiger partial charge in [-0.15, -0.1) is 12.4 Å². The fourth-order valence-corrected chi connectivity index (χ4v) is 1.62. The Morgan fingerprint density at radius 3 is 2.88 bits per heavy atom. The van der Waals surface area contributed by atoms with E-state index in [9.17, 15) is 4.79 Å². The maximum Gasteiger partial charge on any atom is 0.254 e. The summed E-state index contributed by atoms with van der Waals surface area (Å²) in [6.07, 6.45) is 2.67. The average Bonchev–Trinajstić information content (AvgIpc) is 2.78. The number of hydrogen-bond acceptors (Lipinski definition) is 3. The summed E-state index contributed by atoms with van der Waals surface area (Å²) in [7, 11) is 0. The number of hydrogen-bond donors (Lipinski definition) is 2. The molecule has 0 saturated heterocycles. The Hall–Kier alpha value is -1.00. The Balaban J connectivity index is 0.00000128. The van der Waals surface area contributed by atoms with Crippen LogP contribution in [-0.4, -0.2) is 12.5 Å². The summed E-state index contributed by atoms with van der Waals surface area (Å²) in [4.78, 5) is 11.6. The second-order valence-electron chi connectivity index (χ2n) is 4.19. The Bertz CT molecular complexity index is 365. The predicted octanol–water partition coefficient (Wildman–Crippen LogP) is 1.55. The maximum absolute atomic E-state index is 11.6. The van der Waals surface area contributed by atoms with Crippen LogP contribution < -0.4 is 11.1 Å². The molecule has 1 heterocycles. The van der Waals surface area contributed by atoms with Crippen LogP contribution >= 0.6 is 12.4 Å². The summed E-state index contributed by atoms with van der Waals surface area (Å²) in [5, 5.41) is 2.89. The number of nitrogens with one attached hydrogen (secondary N) is 1. The largest absolute Gasteiger partial charge is 0.467 e.